The van der Waals surface area contributed by atoms with E-state index in [1.54, 1.807) is 13.8 Å². The van der Waals surface area contributed by atoms with E-state index in [2.05, 4.69) is 13.8 Å². The van der Waals surface area contributed by atoms with Crippen molar-refractivity contribution in [1.29, 1.82) is 0 Å². The molecule has 3 aliphatic rings. The third kappa shape index (κ3) is 3.20. The van der Waals surface area contributed by atoms with E-state index in [4.69, 9.17) is 4.74 Å². The first kappa shape index (κ1) is 20.0. The summed E-state index contributed by atoms with van der Waals surface area (Å²) < 4.78 is 5.53. The molecular formula is C22H30O5. The number of carbonyl (C=O) groups is 3. The van der Waals surface area contributed by atoms with Crippen molar-refractivity contribution in [1.82, 2.24) is 0 Å². The number of fused-ring (bicyclic) bond motifs is 2. The Morgan fingerprint density at radius 1 is 1.19 bits per heavy atom. The number of esters is 1. The van der Waals surface area contributed by atoms with Gasteiger partial charge in [0.05, 0.1) is 11.2 Å². The Morgan fingerprint density at radius 3 is 2.41 bits per heavy atom. The lowest BCUT2D eigenvalue weighted by Gasteiger charge is -2.31. The van der Waals surface area contributed by atoms with Gasteiger partial charge in [-0.05, 0) is 68.1 Å². The number of allylic oxidation sites excluding steroid dienone is 1. The minimum absolute atomic E-state index is 0.0758. The van der Waals surface area contributed by atoms with Gasteiger partial charge in [-0.3, -0.25) is 14.4 Å². The highest BCUT2D eigenvalue weighted by Gasteiger charge is 2.60. The van der Waals surface area contributed by atoms with Crippen molar-refractivity contribution in [2.45, 2.75) is 72.0 Å². The Kier molecular flexibility index (Phi) is 4.54. The molecular weight excluding hydrogens is 344 g/mol. The fourth-order valence-electron chi connectivity index (χ4n) is 5.15. The van der Waals surface area contributed by atoms with Crippen molar-refractivity contribution < 1.29 is 24.2 Å². The molecule has 0 bridgehead atoms. The third-order valence-corrected chi connectivity index (χ3v) is 6.85. The molecule has 3 aliphatic carbocycles. The van der Waals surface area contributed by atoms with E-state index in [9.17, 15) is 19.5 Å². The molecule has 5 nitrogen and oxygen atoms in total. The predicted molar refractivity (Wildman–Crippen MR) is 101 cm³/mol. The van der Waals surface area contributed by atoms with Crippen LogP contribution in [0.25, 0.3) is 0 Å². The Morgan fingerprint density at radius 2 is 1.81 bits per heavy atom. The first-order valence-electron chi connectivity index (χ1n) is 9.75. The van der Waals surface area contributed by atoms with Crippen molar-refractivity contribution in [3.8, 4) is 0 Å². The minimum atomic E-state index is -1.73. The summed E-state index contributed by atoms with van der Waals surface area (Å²) in [5, 5.41) is 10.9. The van der Waals surface area contributed by atoms with Gasteiger partial charge in [0.25, 0.3) is 0 Å². The van der Waals surface area contributed by atoms with Gasteiger partial charge in [0.2, 0.25) is 5.60 Å². The maximum absolute atomic E-state index is 13.5. The second-order valence-electron chi connectivity index (χ2n) is 9.47. The van der Waals surface area contributed by atoms with Gasteiger partial charge < -0.3 is 9.84 Å². The van der Waals surface area contributed by atoms with Gasteiger partial charge in [0.1, 0.15) is 0 Å². The second-order valence-corrected chi connectivity index (χ2v) is 9.47. The van der Waals surface area contributed by atoms with Crippen LogP contribution in [0.1, 0.15) is 60.8 Å². The second kappa shape index (κ2) is 6.13. The smallest absolute Gasteiger partial charge is 0.304 e. The summed E-state index contributed by atoms with van der Waals surface area (Å²) in [5.74, 6) is -0.798. The zero-order chi connectivity index (χ0) is 20.4. The quantitative estimate of drug-likeness (QED) is 0.713. The van der Waals surface area contributed by atoms with Crippen molar-refractivity contribution in [3.05, 3.63) is 23.3 Å². The highest BCUT2D eigenvalue weighted by molar-refractivity contribution is 6.20. The topological polar surface area (TPSA) is 80.7 Å². The van der Waals surface area contributed by atoms with E-state index in [1.807, 2.05) is 6.92 Å². The van der Waals surface area contributed by atoms with Crippen molar-refractivity contribution >= 4 is 17.5 Å². The molecule has 0 aromatic carbocycles. The summed E-state index contributed by atoms with van der Waals surface area (Å²) in [6, 6.07) is 0. The van der Waals surface area contributed by atoms with Crippen LogP contribution in [-0.2, 0) is 19.1 Å². The molecule has 0 aromatic heterocycles. The highest BCUT2D eigenvalue weighted by Crippen LogP contribution is 2.63. The molecule has 148 valence electrons. The van der Waals surface area contributed by atoms with Gasteiger partial charge in [-0.25, -0.2) is 0 Å². The summed E-state index contributed by atoms with van der Waals surface area (Å²) in [5.41, 5.74) is -2.42. The summed E-state index contributed by atoms with van der Waals surface area (Å²) >= 11 is 0. The SMILES string of the molecule is CC(=O)OC12C=C(C)C(=O)C1=CC(C)(O)CCC1C(CC(C)C2=O)C1(C)C. The molecule has 1 saturated carbocycles. The molecule has 0 amide bonds. The van der Waals surface area contributed by atoms with Crippen LogP contribution in [0.2, 0.25) is 0 Å². The number of rotatable bonds is 1. The van der Waals surface area contributed by atoms with Crippen LogP contribution in [0.3, 0.4) is 0 Å². The van der Waals surface area contributed by atoms with Crippen LogP contribution in [0.4, 0.5) is 0 Å². The monoisotopic (exact) mass is 374 g/mol. The number of Topliss-reactive ketones (excluding diaryl/α,β-unsaturated/α-hetero) is 2. The fraction of sp³-hybridized carbons (Fsp3) is 0.682. The number of hydrogen-bond acceptors (Lipinski definition) is 5. The van der Waals surface area contributed by atoms with E-state index < -0.39 is 17.2 Å². The maximum atomic E-state index is 13.5. The minimum Gasteiger partial charge on any atom is -0.442 e. The lowest BCUT2D eigenvalue weighted by molar-refractivity contribution is -0.158. The number of carbonyl (C=O) groups excluding carboxylic acids is 3. The molecule has 0 radical (unpaired) electrons. The maximum Gasteiger partial charge on any atom is 0.304 e. The van der Waals surface area contributed by atoms with E-state index in [0.717, 1.165) is 6.42 Å². The van der Waals surface area contributed by atoms with Crippen molar-refractivity contribution in [3.63, 3.8) is 0 Å². The van der Waals surface area contributed by atoms with Crippen LogP contribution in [0, 0.1) is 23.2 Å². The number of hydrogen-bond donors (Lipinski definition) is 1. The highest BCUT2D eigenvalue weighted by atomic mass is 16.6. The van der Waals surface area contributed by atoms with Crippen LogP contribution in [0.5, 0.6) is 0 Å². The Labute approximate surface area is 160 Å². The lowest BCUT2D eigenvalue weighted by Crippen LogP contribution is -2.46. The lowest BCUT2D eigenvalue weighted by atomic mass is 9.80. The van der Waals surface area contributed by atoms with E-state index in [0.29, 0.717) is 30.3 Å². The van der Waals surface area contributed by atoms with Crippen LogP contribution < -0.4 is 0 Å². The first-order valence-corrected chi connectivity index (χ1v) is 9.75. The zero-order valence-electron chi connectivity index (χ0n) is 17.1. The molecule has 0 aromatic rings. The van der Waals surface area contributed by atoms with Crippen molar-refractivity contribution in [2.24, 2.45) is 23.2 Å². The van der Waals surface area contributed by atoms with Gasteiger partial charge in [0.15, 0.2) is 11.6 Å². The summed E-state index contributed by atoms with van der Waals surface area (Å²) in [6.45, 7) is 10.7. The molecule has 5 heteroatoms. The molecule has 5 unspecified atom stereocenters. The molecule has 27 heavy (non-hydrogen) atoms. The van der Waals surface area contributed by atoms with Gasteiger partial charge in [-0.1, -0.05) is 20.8 Å². The normalized spacial score (nSPS) is 40.9. The van der Waals surface area contributed by atoms with Gasteiger partial charge in [-0.15, -0.1) is 0 Å². The van der Waals surface area contributed by atoms with Gasteiger partial charge in [0, 0.05) is 12.8 Å². The molecule has 0 spiro atoms. The zero-order valence-corrected chi connectivity index (χ0v) is 17.1. The first-order chi connectivity index (χ1) is 12.3. The number of ketones is 2. The summed E-state index contributed by atoms with van der Waals surface area (Å²) in [4.78, 5) is 38.2. The van der Waals surface area contributed by atoms with Gasteiger partial charge in [-0.2, -0.15) is 0 Å². The Hall–Kier alpha value is -1.75. The molecule has 0 heterocycles. The fourth-order valence-corrected chi connectivity index (χ4v) is 5.15. The average molecular weight is 374 g/mol. The standard InChI is InChI=1S/C22H30O5/c1-12-9-16-15(20(16,4)5)7-8-21(6,26)11-17-18(24)13(2)10-22(17,19(12)25)27-14(3)23/h10-12,15-16,26H,7-9H2,1-6H3. The number of ether oxygens (including phenoxy) is 1. The predicted octanol–water partition coefficient (Wildman–Crippen LogP) is 3.16. The summed E-state index contributed by atoms with van der Waals surface area (Å²) in [6.07, 6.45) is 4.93. The van der Waals surface area contributed by atoms with Crippen LogP contribution in [0.15, 0.2) is 23.3 Å². The van der Waals surface area contributed by atoms with Crippen LogP contribution >= 0.6 is 0 Å². The third-order valence-electron chi connectivity index (χ3n) is 6.85. The molecule has 0 aliphatic heterocycles. The van der Waals surface area contributed by atoms with E-state index in [-0.39, 0.29) is 28.5 Å². The molecule has 3 rings (SSSR count). The number of aliphatic hydroxyl groups is 1. The molecule has 1 N–H and O–H groups in total. The Bertz CT molecular complexity index is 770. The Balaban J connectivity index is 2.15. The summed E-state index contributed by atoms with van der Waals surface area (Å²) in [7, 11) is 0. The van der Waals surface area contributed by atoms with E-state index >= 15 is 0 Å². The largest absolute Gasteiger partial charge is 0.442 e. The van der Waals surface area contributed by atoms with Crippen molar-refractivity contribution in [2.75, 3.05) is 0 Å². The molecule has 0 saturated heterocycles. The van der Waals surface area contributed by atoms with E-state index in [1.165, 1.54) is 19.1 Å². The molecule has 5 atom stereocenters. The molecule has 1 fully saturated rings. The average Bonchev–Trinajstić information content (AvgIpc) is 2.97. The van der Waals surface area contributed by atoms with Crippen LogP contribution in [-0.4, -0.2) is 33.8 Å². The van der Waals surface area contributed by atoms with Gasteiger partial charge >= 0.3 is 5.97 Å².